The van der Waals surface area contributed by atoms with Gasteiger partial charge < -0.3 is 15.7 Å². The quantitative estimate of drug-likeness (QED) is 0.702. The maximum Gasteiger partial charge on any atom is 0.315 e. The molecule has 5 nitrogen and oxygen atoms in total. The van der Waals surface area contributed by atoms with E-state index in [4.69, 9.17) is 5.11 Å². The van der Waals surface area contributed by atoms with Crippen molar-refractivity contribution >= 4 is 12.0 Å². The van der Waals surface area contributed by atoms with E-state index in [0.29, 0.717) is 0 Å². The molecule has 0 aliphatic heterocycles. The van der Waals surface area contributed by atoms with Gasteiger partial charge in [-0.1, -0.05) is 37.3 Å². The number of hydrogen-bond acceptors (Lipinski definition) is 2. The lowest BCUT2D eigenvalue weighted by molar-refractivity contribution is -0.136. The fourth-order valence-corrected chi connectivity index (χ4v) is 1.72. The van der Waals surface area contributed by atoms with E-state index in [1.165, 1.54) is 5.56 Å². The van der Waals surface area contributed by atoms with Crippen LogP contribution in [0.4, 0.5) is 4.79 Å². The number of carbonyl (C=O) groups is 2. The highest BCUT2D eigenvalue weighted by Crippen LogP contribution is 2.05. The van der Waals surface area contributed by atoms with E-state index in [1.807, 2.05) is 37.3 Å². The van der Waals surface area contributed by atoms with Gasteiger partial charge in [0.15, 0.2) is 0 Å². The van der Waals surface area contributed by atoms with E-state index >= 15 is 0 Å². The Labute approximate surface area is 113 Å². The van der Waals surface area contributed by atoms with Gasteiger partial charge in [0.2, 0.25) is 0 Å². The van der Waals surface area contributed by atoms with Crippen molar-refractivity contribution in [2.24, 2.45) is 0 Å². The van der Waals surface area contributed by atoms with E-state index in [9.17, 15) is 9.59 Å². The summed E-state index contributed by atoms with van der Waals surface area (Å²) in [7, 11) is 0. The van der Waals surface area contributed by atoms with Crippen molar-refractivity contribution in [3.63, 3.8) is 0 Å². The second kappa shape index (κ2) is 8.13. The first-order chi connectivity index (χ1) is 9.11. The Morgan fingerprint density at radius 1 is 1.26 bits per heavy atom. The minimum atomic E-state index is -0.920. The molecule has 0 radical (unpaired) electrons. The standard InChI is InChI=1S/C14H20N2O3/c1-2-12(10-11-6-4-3-5-7-11)16-14(19)15-9-8-13(17)18/h3-7,12H,2,8-10H2,1H3,(H,17,18)(H2,15,16,19). The van der Waals surface area contributed by atoms with Crippen LogP contribution in [0.2, 0.25) is 0 Å². The molecule has 0 saturated heterocycles. The van der Waals surface area contributed by atoms with Gasteiger partial charge in [-0.25, -0.2) is 4.79 Å². The lowest BCUT2D eigenvalue weighted by atomic mass is 10.0. The molecular formula is C14H20N2O3. The third kappa shape index (κ3) is 6.45. The third-order valence-corrected chi connectivity index (χ3v) is 2.78. The number of benzene rings is 1. The van der Waals surface area contributed by atoms with Gasteiger partial charge in [0, 0.05) is 12.6 Å². The van der Waals surface area contributed by atoms with Crippen molar-refractivity contribution < 1.29 is 14.7 Å². The Kier molecular flexibility index (Phi) is 6.43. The van der Waals surface area contributed by atoms with Crippen LogP contribution in [-0.4, -0.2) is 29.7 Å². The summed E-state index contributed by atoms with van der Waals surface area (Å²) in [6.45, 7) is 2.15. The molecule has 0 saturated carbocycles. The van der Waals surface area contributed by atoms with E-state index in [2.05, 4.69) is 10.6 Å². The molecule has 0 aliphatic carbocycles. The Hall–Kier alpha value is -2.04. The summed E-state index contributed by atoms with van der Waals surface area (Å²) in [6.07, 6.45) is 1.52. The Morgan fingerprint density at radius 3 is 2.53 bits per heavy atom. The van der Waals surface area contributed by atoms with Gasteiger partial charge >= 0.3 is 12.0 Å². The maximum absolute atomic E-state index is 11.6. The molecule has 104 valence electrons. The molecule has 5 heteroatoms. The zero-order valence-corrected chi connectivity index (χ0v) is 11.1. The van der Waals surface area contributed by atoms with Crippen molar-refractivity contribution in [3.05, 3.63) is 35.9 Å². The predicted molar refractivity (Wildman–Crippen MR) is 73.0 cm³/mol. The molecule has 0 aromatic heterocycles. The molecule has 1 atom stereocenters. The Bertz CT molecular complexity index is 406. The molecule has 0 fully saturated rings. The second-order valence-corrected chi connectivity index (χ2v) is 4.34. The predicted octanol–water partition coefficient (Wildman–Crippen LogP) is 1.78. The molecule has 1 aromatic carbocycles. The largest absolute Gasteiger partial charge is 0.481 e. The number of urea groups is 1. The van der Waals surface area contributed by atoms with Gasteiger partial charge in [-0.2, -0.15) is 0 Å². The first kappa shape index (κ1) is 15.0. The molecule has 3 N–H and O–H groups in total. The van der Waals surface area contributed by atoms with E-state index in [0.717, 1.165) is 12.8 Å². The number of carboxylic acids is 1. The highest BCUT2D eigenvalue weighted by molar-refractivity contribution is 5.75. The van der Waals surface area contributed by atoms with Crippen LogP contribution in [0.5, 0.6) is 0 Å². The lowest BCUT2D eigenvalue weighted by Gasteiger charge is -2.17. The SMILES string of the molecule is CCC(Cc1ccccc1)NC(=O)NCCC(=O)O. The number of carboxylic acid groups (broad SMARTS) is 1. The molecule has 1 unspecified atom stereocenters. The number of rotatable bonds is 7. The van der Waals surface area contributed by atoms with Crippen LogP contribution in [0.3, 0.4) is 0 Å². The number of aliphatic carboxylic acids is 1. The Morgan fingerprint density at radius 2 is 1.95 bits per heavy atom. The monoisotopic (exact) mass is 264 g/mol. The molecule has 0 aliphatic rings. The van der Waals surface area contributed by atoms with Crippen LogP contribution in [0.1, 0.15) is 25.3 Å². The van der Waals surface area contributed by atoms with E-state index < -0.39 is 5.97 Å². The van der Waals surface area contributed by atoms with E-state index in [-0.39, 0.29) is 25.0 Å². The van der Waals surface area contributed by atoms with Gasteiger partial charge in [0.05, 0.1) is 6.42 Å². The van der Waals surface area contributed by atoms with Crippen molar-refractivity contribution in [2.45, 2.75) is 32.2 Å². The van der Waals surface area contributed by atoms with Crippen molar-refractivity contribution in [1.82, 2.24) is 10.6 Å². The zero-order valence-electron chi connectivity index (χ0n) is 11.1. The number of hydrogen-bond donors (Lipinski definition) is 3. The molecule has 1 aromatic rings. The van der Waals surface area contributed by atoms with Gasteiger partial charge in [0.1, 0.15) is 0 Å². The minimum absolute atomic E-state index is 0.0484. The topological polar surface area (TPSA) is 78.4 Å². The molecule has 19 heavy (non-hydrogen) atoms. The minimum Gasteiger partial charge on any atom is -0.481 e. The Balaban J connectivity index is 2.35. The summed E-state index contributed by atoms with van der Waals surface area (Å²) in [5.41, 5.74) is 1.17. The highest BCUT2D eigenvalue weighted by atomic mass is 16.4. The van der Waals surface area contributed by atoms with Crippen molar-refractivity contribution in [1.29, 1.82) is 0 Å². The van der Waals surface area contributed by atoms with Crippen LogP contribution in [0.15, 0.2) is 30.3 Å². The summed E-state index contributed by atoms with van der Waals surface area (Å²) in [4.78, 5) is 21.9. The summed E-state index contributed by atoms with van der Waals surface area (Å²) < 4.78 is 0. The molecular weight excluding hydrogens is 244 g/mol. The molecule has 1 rings (SSSR count). The molecule has 0 heterocycles. The number of carbonyl (C=O) groups excluding carboxylic acids is 1. The zero-order chi connectivity index (χ0) is 14.1. The van der Waals surface area contributed by atoms with Gasteiger partial charge in [-0.15, -0.1) is 0 Å². The molecule has 2 amide bonds. The normalized spacial score (nSPS) is 11.6. The highest BCUT2D eigenvalue weighted by Gasteiger charge is 2.10. The van der Waals surface area contributed by atoms with Crippen LogP contribution in [-0.2, 0) is 11.2 Å². The first-order valence-corrected chi connectivity index (χ1v) is 6.42. The van der Waals surface area contributed by atoms with Gasteiger partial charge in [-0.3, -0.25) is 4.79 Å². The van der Waals surface area contributed by atoms with Crippen LogP contribution >= 0.6 is 0 Å². The summed E-state index contributed by atoms with van der Waals surface area (Å²) in [5.74, 6) is -0.920. The van der Waals surface area contributed by atoms with E-state index in [1.54, 1.807) is 0 Å². The lowest BCUT2D eigenvalue weighted by Crippen LogP contribution is -2.43. The van der Waals surface area contributed by atoms with Crippen molar-refractivity contribution in [2.75, 3.05) is 6.54 Å². The average Bonchev–Trinajstić information content (AvgIpc) is 2.38. The molecule has 0 bridgehead atoms. The number of amides is 2. The second-order valence-electron chi connectivity index (χ2n) is 4.34. The van der Waals surface area contributed by atoms with Crippen LogP contribution in [0.25, 0.3) is 0 Å². The van der Waals surface area contributed by atoms with Crippen LogP contribution in [0, 0.1) is 0 Å². The van der Waals surface area contributed by atoms with Gasteiger partial charge in [0.25, 0.3) is 0 Å². The fourth-order valence-electron chi connectivity index (χ4n) is 1.72. The fraction of sp³-hybridized carbons (Fsp3) is 0.429. The van der Waals surface area contributed by atoms with Crippen molar-refractivity contribution in [3.8, 4) is 0 Å². The first-order valence-electron chi connectivity index (χ1n) is 6.42. The summed E-state index contributed by atoms with van der Waals surface area (Å²) in [5, 5.41) is 13.9. The average molecular weight is 264 g/mol. The summed E-state index contributed by atoms with van der Waals surface area (Å²) in [6, 6.07) is 9.66. The third-order valence-electron chi connectivity index (χ3n) is 2.78. The number of nitrogens with one attached hydrogen (secondary N) is 2. The smallest absolute Gasteiger partial charge is 0.315 e. The van der Waals surface area contributed by atoms with Crippen LogP contribution < -0.4 is 10.6 Å². The van der Waals surface area contributed by atoms with Gasteiger partial charge in [-0.05, 0) is 18.4 Å². The maximum atomic E-state index is 11.6. The summed E-state index contributed by atoms with van der Waals surface area (Å²) >= 11 is 0. The molecule has 0 spiro atoms.